The zero-order chi connectivity index (χ0) is 11.5. The predicted octanol–water partition coefficient (Wildman–Crippen LogP) is 3.75. The standard InChI is InChI=1S/C16H17N/c1-2-7-13(8-3-1)14-10-6-12-17-16-11-5-4-9-15(14)16/h1-5,7-9,11,14-15H,6,10,12H2. The predicted molar refractivity (Wildman–Crippen MR) is 72.5 cm³/mol. The topological polar surface area (TPSA) is 12.4 Å². The van der Waals surface area contributed by atoms with E-state index in [0.29, 0.717) is 11.8 Å². The van der Waals surface area contributed by atoms with Gasteiger partial charge in [-0.1, -0.05) is 48.6 Å². The molecule has 2 unspecified atom stereocenters. The van der Waals surface area contributed by atoms with E-state index in [1.165, 1.54) is 24.1 Å². The van der Waals surface area contributed by atoms with Crippen LogP contribution >= 0.6 is 0 Å². The highest BCUT2D eigenvalue weighted by molar-refractivity contribution is 6.00. The van der Waals surface area contributed by atoms with Gasteiger partial charge in [0.1, 0.15) is 0 Å². The third-order valence-corrected chi connectivity index (χ3v) is 3.67. The van der Waals surface area contributed by atoms with Crippen LogP contribution in [0, 0.1) is 5.92 Å². The van der Waals surface area contributed by atoms with Gasteiger partial charge in [0.2, 0.25) is 0 Å². The summed E-state index contributed by atoms with van der Waals surface area (Å²) in [6.45, 7) is 0.980. The molecule has 1 aromatic carbocycles. The number of hydrogen-bond donors (Lipinski definition) is 0. The van der Waals surface area contributed by atoms with Crippen LogP contribution in [0.5, 0.6) is 0 Å². The molecule has 0 saturated heterocycles. The lowest BCUT2D eigenvalue weighted by Gasteiger charge is -2.24. The van der Waals surface area contributed by atoms with E-state index in [1.807, 2.05) is 0 Å². The van der Waals surface area contributed by atoms with Gasteiger partial charge in [-0.2, -0.15) is 0 Å². The molecule has 86 valence electrons. The summed E-state index contributed by atoms with van der Waals surface area (Å²) in [5, 5.41) is 0. The SMILES string of the molecule is C1=CC2=NCCCC(c3ccccc3)C2C=C1. The van der Waals surface area contributed by atoms with Crippen molar-refractivity contribution in [2.45, 2.75) is 18.8 Å². The second kappa shape index (κ2) is 4.70. The largest absolute Gasteiger partial charge is 0.289 e. The fourth-order valence-electron chi connectivity index (χ4n) is 2.82. The smallest absolute Gasteiger partial charge is 0.0423 e. The van der Waals surface area contributed by atoms with Crippen molar-refractivity contribution >= 4 is 5.71 Å². The molecule has 17 heavy (non-hydrogen) atoms. The first-order valence-corrected chi connectivity index (χ1v) is 6.39. The Bertz CT molecular complexity index is 468. The van der Waals surface area contributed by atoms with Crippen molar-refractivity contribution < 1.29 is 0 Å². The molecule has 2 atom stereocenters. The maximum atomic E-state index is 4.70. The van der Waals surface area contributed by atoms with Gasteiger partial charge in [-0.15, -0.1) is 0 Å². The van der Waals surface area contributed by atoms with Crippen molar-refractivity contribution in [2.24, 2.45) is 10.9 Å². The van der Waals surface area contributed by atoms with Crippen LogP contribution in [0.1, 0.15) is 24.3 Å². The van der Waals surface area contributed by atoms with Crippen LogP contribution in [-0.2, 0) is 0 Å². The molecule has 3 rings (SSSR count). The van der Waals surface area contributed by atoms with E-state index in [1.54, 1.807) is 0 Å². The van der Waals surface area contributed by atoms with Crippen LogP contribution in [0.3, 0.4) is 0 Å². The molecule has 1 nitrogen and oxygen atoms in total. The highest BCUT2D eigenvalue weighted by Crippen LogP contribution is 2.34. The third-order valence-electron chi connectivity index (χ3n) is 3.67. The first-order chi connectivity index (χ1) is 8.45. The Morgan fingerprint density at radius 1 is 1.06 bits per heavy atom. The zero-order valence-corrected chi connectivity index (χ0v) is 9.92. The van der Waals surface area contributed by atoms with Gasteiger partial charge < -0.3 is 0 Å². The van der Waals surface area contributed by atoms with Crippen molar-refractivity contribution in [2.75, 3.05) is 6.54 Å². The van der Waals surface area contributed by atoms with Gasteiger partial charge in [0.25, 0.3) is 0 Å². The van der Waals surface area contributed by atoms with Crippen LogP contribution < -0.4 is 0 Å². The molecule has 1 heterocycles. The highest BCUT2D eigenvalue weighted by atomic mass is 14.7. The maximum Gasteiger partial charge on any atom is 0.0423 e. The zero-order valence-electron chi connectivity index (χ0n) is 9.92. The number of nitrogens with zero attached hydrogens (tertiary/aromatic N) is 1. The Morgan fingerprint density at radius 2 is 1.94 bits per heavy atom. The number of hydrogen-bond acceptors (Lipinski definition) is 1. The second-order valence-corrected chi connectivity index (χ2v) is 4.74. The van der Waals surface area contributed by atoms with E-state index in [-0.39, 0.29) is 0 Å². The first kappa shape index (κ1) is 10.5. The molecule has 0 saturated carbocycles. The molecule has 0 aromatic heterocycles. The normalized spacial score (nSPS) is 27.2. The third kappa shape index (κ3) is 2.10. The fraction of sp³-hybridized carbons (Fsp3) is 0.312. The van der Waals surface area contributed by atoms with Crippen LogP contribution in [0.2, 0.25) is 0 Å². The minimum atomic E-state index is 0.477. The molecule has 2 aliphatic rings. The summed E-state index contributed by atoms with van der Waals surface area (Å²) in [4.78, 5) is 4.70. The number of benzene rings is 1. The number of allylic oxidation sites excluding steroid dienone is 4. The lowest BCUT2D eigenvalue weighted by Crippen LogP contribution is -2.19. The Kier molecular flexibility index (Phi) is 2.91. The summed E-state index contributed by atoms with van der Waals surface area (Å²) in [6.07, 6.45) is 11.2. The summed E-state index contributed by atoms with van der Waals surface area (Å²) in [5.74, 6) is 1.07. The highest BCUT2D eigenvalue weighted by Gasteiger charge is 2.26. The lowest BCUT2D eigenvalue weighted by atomic mass is 9.79. The molecule has 0 bridgehead atoms. The number of rotatable bonds is 1. The van der Waals surface area contributed by atoms with E-state index in [2.05, 4.69) is 54.6 Å². The van der Waals surface area contributed by atoms with Crippen molar-refractivity contribution in [3.05, 3.63) is 60.2 Å². The molecule has 1 heteroatoms. The van der Waals surface area contributed by atoms with Gasteiger partial charge in [-0.25, -0.2) is 0 Å². The molecule has 1 aliphatic heterocycles. The average molecular weight is 223 g/mol. The molecule has 0 spiro atoms. The van der Waals surface area contributed by atoms with Gasteiger partial charge >= 0.3 is 0 Å². The molecular formula is C16H17N. The summed E-state index contributed by atoms with van der Waals surface area (Å²) in [5.41, 5.74) is 2.71. The van der Waals surface area contributed by atoms with E-state index < -0.39 is 0 Å². The Hall–Kier alpha value is -1.63. The minimum Gasteiger partial charge on any atom is -0.289 e. The molecule has 0 amide bonds. The summed E-state index contributed by atoms with van der Waals surface area (Å²) >= 11 is 0. The second-order valence-electron chi connectivity index (χ2n) is 4.74. The Morgan fingerprint density at radius 3 is 2.82 bits per heavy atom. The molecule has 1 aromatic rings. The molecular weight excluding hydrogens is 206 g/mol. The van der Waals surface area contributed by atoms with Crippen molar-refractivity contribution in [1.82, 2.24) is 0 Å². The van der Waals surface area contributed by atoms with Gasteiger partial charge in [0.15, 0.2) is 0 Å². The molecule has 0 radical (unpaired) electrons. The summed E-state index contributed by atoms with van der Waals surface area (Å²) in [7, 11) is 0. The number of fused-ring (bicyclic) bond motifs is 1. The van der Waals surface area contributed by atoms with Crippen molar-refractivity contribution in [3.63, 3.8) is 0 Å². The van der Waals surface area contributed by atoms with Crippen LogP contribution in [0.4, 0.5) is 0 Å². The average Bonchev–Trinajstić information content (AvgIpc) is 2.62. The summed E-state index contributed by atoms with van der Waals surface area (Å²) in [6, 6.07) is 10.9. The van der Waals surface area contributed by atoms with Crippen LogP contribution in [0.15, 0.2) is 59.6 Å². The quantitative estimate of drug-likeness (QED) is 0.687. The van der Waals surface area contributed by atoms with Gasteiger partial charge in [-0.3, -0.25) is 4.99 Å². The molecule has 0 fully saturated rings. The van der Waals surface area contributed by atoms with Gasteiger partial charge in [0.05, 0.1) is 0 Å². The fourth-order valence-corrected chi connectivity index (χ4v) is 2.82. The maximum absolute atomic E-state index is 4.70. The number of aliphatic imine (C=N–C) groups is 1. The van der Waals surface area contributed by atoms with E-state index >= 15 is 0 Å². The Labute approximate surface area is 103 Å². The monoisotopic (exact) mass is 223 g/mol. The van der Waals surface area contributed by atoms with E-state index in [9.17, 15) is 0 Å². The minimum absolute atomic E-state index is 0.477. The van der Waals surface area contributed by atoms with Gasteiger partial charge in [-0.05, 0) is 30.4 Å². The summed E-state index contributed by atoms with van der Waals surface area (Å²) < 4.78 is 0. The van der Waals surface area contributed by atoms with Crippen molar-refractivity contribution in [1.29, 1.82) is 0 Å². The van der Waals surface area contributed by atoms with Crippen molar-refractivity contribution in [3.8, 4) is 0 Å². The van der Waals surface area contributed by atoms with Crippen LogP contribution in [0.25, 0.3) is 0 Å². The first-order valence-electron chi connectivity index (χ1n) is 6.39. The molecule has 1 aliphatic carbocycles. The van der Waals surface area contributed by atoms with Crippen LogP contribution in [-0.4, -0.2) is 12.3 Å². The lowest BCUT2D eigenvalue weighted by molar-refractivity contribution is 0.567. The molecule has 0 N–H and O–H groups in total. The van der Waals surface area contributed by atoms with E-state index in [4.69, 9.17) is 4.99 Å². The van der Waals surface area contributed by atoms with Gasteiger partial charge in [0, 0.05) is 18.2 Å². The Balaban J connectivity index is 1.97. The van der Waals surface area contributed by atoms with E-state index in [0.717, 1.165) is 6.54 Å².